The lowest BCUT2D eigenvalue weighted by atomic mass is 9.93. The Balaban J connectivity index is 1.63. The van der Waals surface area contributed by atoms with Crippen LogP contribution in [-0.2, 0) is 18.4 Å². The van der Waals surface area contributed by atoms with Crippen LogP contribution in [0.5, 0.6) is 0 Å². The van der Waals surface area contributed by atoms with E-state index in [0.29, 0.717) is 18.5 Å². The monoisotopic (exact) mass is 485 g/mol. The Morgan fingerprint density at radius 3 is 2.54 bits per heavy atom. The molecule has 1 aliphatic rings. The topological polar surface area (TPSA) is 54.3 Å². The van der Waals surface area contributed by atoms with Crippen molar-refractivity contribution in [2.24, 2.45) is 13.0 Å². The Labute approximate surface area is 210 Å². The van der Waals surface area contributed by atoms with Crippen LogP contribution >= 0.6 is 11.3 Å². The minimum absolute atomic E-state index is 0.0742. The first-order chi connectivity index (χ1) is 16.9. The summed E-state index contributed by atoms with van der Waals surface area (Å²) >= 11 is 1.62. The van der Waals surface area contributed by atoms with E-state index < -0.39 is 6.04 Å². The maximum absolute atomic E-state index is 13.9. The lowest BCUT2D eigenvalue weighted by molar-refractivity contribution is -0.126. The SMILES string of the molecule is Cc1c(C2c3ccccc3C(=O)N2C(CC(C)C)C(=O)NCc2cccs2)c2ccccc2n1C. The number of hydrogen-bond donors (Lipinski definition) is 1. The smallest absolute Gasteiger partial charge is 0.255 e. The number of aromatic nitrogens is 1. The van der Waals surface area contributed by atoms with Gasteiger partial charge in [-0.05, 0) is 48.4 Å². The van der Waals surface area contributed by atoms with Gasteiger partial charge in [-0.1, -0.05) is 56.3 Å². The highest BCUT2D eigenvalue weighted by Gasteiger charge is 2.45. The van der Waals surface area contributed by atoms with E-state index in [1.54, 1.807) is 11.3 Å². The number of aryl methyl sites for hydroxylation is 1. The summed E-state index contributed by atoms with van der Waals surface area (Å²) in [5.74, 6) is 0.0734. The first-order valence-electron chi connectivity index (χ1n) is 12.1. The van der Waals surface area contributed by atoms with Gasteiger partial charge in [-0.2, -0.15) is 0 Å². The second-order valence-electron chi connectivity index (χ2n) is 9.72. The standard InChI is InChI=1S/C29H31N3O2S/c1-18(2)16-25(28(33)30-17-20-10-9-15-35-20)32-27(21-11-5-6-12-22(21)29(32)34)26-19(3)31(4)24-14-8-7-13-23(24)26/h5-15,18,25,27H,16-17H2,1-4H3,(H,30,33). The van der Waals surface area contributed by atoms with Crippen LogP contribution in [-0.4, -0.2) is 27.3 Å². The molecule has 0 saturated carbocycles. The predicted molar refractivity (Wildman–Crippen MR) is 142 cm³/mol. The number of para-hydroxylation sites is 1. The molecule has 0 aliphatic carbocycles. The third kappa shape index (κ3) is 4.06. The molecule has 2 aromatic carbocycles. The molecule has 2 amide bonds. The molecule has 4 aromatic rings. The number of thiophene rings is 1. The molecule has 180 valence electrons. The third-order valence-electron chi connectivity index (χ3n) is 7.07. The Morgan fingerprint density at radius 1 is 1.06 bits per heavy atom. The van der Waals surface area contributed by atoms with E-state index in [0.717, 1.165) is 32.6 Å². The molecule has 0 saturated heterocycles. The van der Waals surface area contributed by atoms with Crippen molar-refractivity contribution in [2.75, 3.05) is 0 Å². The first kappa shape index (κ1) is 23.4. The van der Waals surface area contributed by atoms with Gasteiger partial charge in [-0.25, -0.2) is 0 Å². The van der Waals surface area contributed by atoms with Crippen LogP contribution in [0.2, 0.25) is 0 Å². The Kier molecular flexibility index (Phi) is 6.24. The van der Waals surface area contributed by atoms with Crippen molar-refractivity contribution in [1.82, 2.24) is 14.8 Å². The second kappa shape index (κ2) is 9.34. The minimum Gasteiger partial charge on any atom is -0.349 e. The molecule has 1 aliphatic heterocycles. The zero-order valence-corrected chi connectivity index (χ0v) is 21.4. The Morgan fingerprint density at radius 2 is 1.80 bits per heavy atom. The zero-order chi connectivity index (χ0) is 24.7. The van der Waals surface area contributed by atoms with Crippen molar-refractivity contribution in [3.05, 3.63) is 93.3 Å². The van der Waals surface area contributed by atoms with E-state index >= 15 is 0 Å². The van der Waals surface area contributed by atoms with Crippen molar-refractivity contribution in [3.63, 3.8) is 0 Å². The number of carbonyl (C=O) groups is 2. The lowest BCUT2D eigenvalue weighted by Gasteiger charge is -2.34. The molecule has 0 fully saturated rings. The number of nitrogens with zero attached hydrogens (tertiary/aromatic N) is 2. The molecule has 35 heavy (non-hydrogen) atoms. The Hall–Kier alpha value is -3.38. The molecule has 0 spiro atoms. The van der Waals surface area contributed by atoms with Gasteiger partial charge in [0, 0.05) is 39.6 Å². The Bertz CT molecular complexity index is 1390. The van der Waals surface area contributed by atoms with E-state index in [1.165, 1.54) is 0 Å². The summed E-state index contributed by atoms with van der Waals surface area (Å²) in [6.45, 7) is 6.78. The van der Waals surface area contributed by atoms with Crippen molar-refractivity contribution in [2.45, 2.75) is 45.8 Å². The van der Waals surface area contributed by atoms with Gasteiger partial charge in [0.25, 0.3) is 5.91 Å². The molecule has 2 atom stereocenters. The number of hydrogen-bond acceptors (Lipinski definition) is 3. The molecular formula is C29H31N3O2S. The second-order valence-corrected chi connectivity index (χ2v) is 10.8. The van der Waals surface area contributed by atoms with Crippen LogP contribution < -0.4 is 5.32 Å². The van der Waals surface area contributed by atoms with Crippen LogP contribution in [0.15, 0.2) is 66.0 Å². The summed E-state index contributed by atoms with van der Waals surface area (Å²) in [5, 5.41) is 6.24. The number of nitrogens with one attached hydrogen (secondary N) is 1. The maximum atomic E-state index is 13.9. The molecule has 5 nitrogen and oxygen atoms in total. The molecule has 2 aromatic heterocycles. The summed E-state index contributed by atoms with van der Waals surface area (Å²) in [6.07, 6.45) is 0.594. The van der Waals surface area contributed by atoms with Gasteiger partial charge in [0.15, 0.2) is 0 Å². The van der Waals surface area contributed by atoms with Crippen LogP contribution in [0.25, 0.3) is 10.9 Å². The van der Waals surface area contributed by atoms with Crippen molar-refractivity contribution in [1.29, 1.82) is 0 Å². The lowest BCUT2D eigenvalue weighted by Crippen LogP contribution is -2.49. The number of benzene rings is 2. The zero-order valence-electron chi connectivity index (χ0n) is 20.6. The highest BCUT2D eigenvalue weighted by atomic mass is 32.1. The summed E-state index contributed by atoms with van der Waals surface area (Å²) in [7, 11) is 2.06. The first-order valence-corrected chi connectivity index (χ1v) is 13.0. The van der Waals surface area contributed by atoms with Crippen LogP contribution in [0.3, 0.4) is 0 Å². The van der Waals surface area contributed by atoms with E-state index in [9.17, 15) is 9.59 Å². The van der Waals surface area contributed by atoms with Crippen molar-refractivity contribution >= 4 is 34.1 Å². The van der Waals surface area contributed by atoms with Gasteiger partial charge in [-0.15, -0.1) is 11.3 Å². The molecule has 5 rings (SSSR count). The average molecular weight is 486 g/mol. The fourth-order valence-electron chi connectivity index (χ4n) is 5.35. The van der Waals surface area contributed by atoms with Crippen molar-refractivity contribution < 1.29 is 9.59 Å². The highest BCUT2D eigenvalue weighted by molar-refractivity contribution is 7.09. The number of fused-ring (bicyclic) bond motifs is 2. The number of rotatable bonds is 7. The van der Waals surface area contributed by atoms with Crippen molar-refractivity contribution in [3.8, 4) is 0 Å². The molecule has 0 radical (unpaired) electrons. The van der Waals surface area contributed by atoms with Gasteiger partial charge in [0.05, 0.1) is 12.6 Å². The van der Waals surface area contributed by atoms with E-state index in [2.05, 4.69) is 49.8 Å². The van der Waals surface area contributed by atoms with E-state index in [-0.39, 0.29) is 23.8 Å². The fraction of sp³-hybridized carbons (Fsp3) is 0.310. The molecule has 6 heteroatoms. The summed E-state index contributed by atoms with van der Waals surface area (Å²) in [4.78, 5) is 30.6. The van der Waals surface area contributed by atoms with Crippen LogP contribution in [0, 0.1) is 12.8 Å². The number of carbonyl (C=O) groups excluding carboxylic acids is 2. The maximum Gasteiger partial charge on any atom is 0.255 e. The summed E-state index contributed by atoms with van der Waals surface area (Å²) in [6, 6.07) is 19.2. The van der Waals surface area contributed by atoms with Gasteiger partial charge in [0.1, 0.15) is 6.04 Å². The van der Waals surface area contributed by atoms with Gasteiger partial charge in [-0.3, -0.25) is 9.59 Å². The van der Waals surface area contributed by atoms with Gasteiger partial charge >= 0.3 is 0 Å². The summed E-state index contributed by atoms with van der Waals surface area (Å²) < 4.78 is 2.18. The van der Waals surface area contributed by atoms with Gasteiger partial charge in [0.2, 0.25) is 5.91 Å². The quantitative estimate of drug-likeness (QED) is 0.358. The molecule has 3 heterocycles. The average Bonchev–Trinajstić information content (AvgIpc) is 3.54. The normalized spacial score (nSPS) is 16.2. The van der Waals surface area contributed by atoms with E-state index in [1.807, 2.05) is 58.8 Å². The molecule has 0 bridgehead atoms. The largest absolute Gasteiger partial charge is 0.349 e. The van der Waals surface area contributed by atoms with Gasteiger partial charge < -0.3 is 14.8 Å². The molecule has 2 unspecified atom stereocenters. The molecular weight excluding hydrogens is 454 g/mol. The van der Waals surface area contributed by atoms with Crippen LogP contribution in [0.4, 0.5) is 0 Å². The highest BCUT2D eigenvalue weighted by Crippen LogP contribution is 2.45. The van der Waals surface area contributed by atoms with Crippen LogP contribution in [0.1, 0.15) is 58.4 Å². The predicted octanol–water partition coefficient (Wildman–Crippen LogP) is 5.82. The minimum atomic E-state index is -0.571. The van der Waals surface area contributed by atoms with E-state index in [4.69, 9.17) is 0 Å². The molecule has 1 N–H and O–H groups in total. The number of amides is 2. The summed E-state index contributed by atoms with van der Waals surface area (Å²) in [5.41, 5.74) is 4.98. The third-order valence-corrected chi connectivity index (χ3v) is 7.95. The fourth-order valence-corrected chi connectivity index (χ4v) is 5.99.